The summed E-state index contributed by atoms with van der Waals surface area (Å²) in [6.07, 6.45) is 0.662. The number of nitrogens with one attached hydrogen (secondary N) is 1. The van der Waals surface area contributed by atoms with Crippen LogP contribution in [0.3, 0.4) is 0 Å². The predicted molar refractivity (Wildman–Crippen MR) is 127 cm³/mol. The maximum absolute atomic E-state index is 13.4. The molecule has 8 heteroatoms. The number of anilines is 1. The van der Waals surface area contributed by atoms with Gasteiger partial charge in [0.25, 0.3) is 10.0 Å². The lowest BCUT2D eigenvalue weighted by molar-refractivity contribution is -0.120. The van der Waals surface area contributed by atoms with Crippen molar-refractivity contribution >= 4 is 33.2 Å². The zero-order valence-corrected chi connectivity index (χ0v) is 19.4. The van der Waals surface area contributed by atoms with Gasteiger partial charge < -0.3 is 10.1 Å². The molecule has 168 valence electrons. The minimum atomic E-state index is -4.02. The van der Waals surface area contributed by atoms with Crippen LogP contribution in [0.25, 0.3) is 0 Å². The van der Waals surface area contributed by atoms with Crippen LogP contribution in [0.15, 0.2) is 83.8 Å². The molecule has 0 aromatic heterocycles. The second-order valence-electron chi connectivity index (χ2n) is 7.08. The van der Waals surface area contributed by atoms with Crippen LogP contribution in [0.4, 0.5) is 5.69 Å². The molecule has 0 saturated carbocycles. The Kier molecular flexibility index (Phi) is 7.77. The fraction of sp³-hybridized carbons (Fsp3) is 0.208. The fourth-order valence-corrected chi connectivity index (χ4v) is 5.01. The third-order valence-electron chi connectivity index (χ3n) is 4.99. The van der Waals surface area contributed by atoms with Gasteiger partial charge in [0, 0.05) is 0 Å². The van der Waals surface area contributed by atoms with Crippen LogP contribution in [0, 0.1) is 0 Å². The van der Waals surface area contributed by atoms with Crippen LogP contribution >= 0.6 is 11.6 Å². The normalized spacial score (nSPS) is 12.1. The van der Waals surface area contributed by atoms with Gasteiger partial charge in [-0.1, -0.05) is 67.1 Å². The molecule has 0 spiro atoms. The van der Waals surface area contributed by atoms with Gasteiger partial charge in [0.2, 0.25) is 5.91 Å². The lowest BCUT2D eigenvalue weighted by atomic mass is 10.0. The number of carbonyl (C=O) groups excluding carboxylic acids is 1. The summed E-state index contributed by atoms with van der Waals surface area (Å²) in [5, 5.41) is 3.19. The molecule has 0 heterocycles. The molecule has 0 radical (unpaired) electrons. The molecule has 0 unspecified atom stereocenters. The van der Waals surface area contributed by atoms with Crippen molar-refractivity contribution in [1.29, 1.82) is 0 Å². The van der Waals surface area contributed by atoms with Crippen molar-refractivity contribution in [2.75, 3.05) is 18.0 Å². The molecule has 0 saturated heterocycles. The largest absolute Gasteiger partial charge is 0.495 e. The van der Waals surface area contributed by atoms with Gasteiger partial charge in [0.1, 0.15) is 12.3 Å². The van der Waals surface area contributed by atoms with E-state index < -0.39 is 22.5 Å². The maximum Gasteiger partial charge on any atom is 0.264 e. The summed E-state index contributed by atoms with van der Waals surface area (Å²) in [6.45, 7) is 1.56. The quantitative estimate of drug-likeness (QED) is 0.484. The molecule has 6 nitrogen and oxygen atoms in total. The van der Waals surface area contributed by atoms with Gasteiger partial charge in [-0.25, -0.2) is 8.42 Å². The number of hydrogen-bond donors (Lipinski definition) is 1. The number of nitrogens with zero attached hydrogens (tertiary/aromatic N) is 1. The van der Waals surface area contributed by atoms with Gasteiger partial charge in [-0.2, -0.15) is 0 Å². The summed E-state index contributed by atoms with van der Waals surface area (Å²) < 4.78 is 33.1. The van der Waals surface area contributed by atoms with Crippen molar-refractivity contribution < 1.29 is 17.9 Å². The van der Waals surface area contributed by atoms with E-state index in [2.05, 4.69) is 5.32 Å². The Morgan fingerprint density at radius 1 is 1.03 bits per heavy atom. The Hall–Kier alpha value is -3.03. The van der Waals surface area contributed by atoms with Gasteiger partial charge in [-0.3, -0.25) is 9.10 Å². The number of methoxy groups -OCH3 is 1. The molecule has 3 aromatic rings. The van der Waals surface area contributed by atoms with Crippen LogP contribution in [-0.2, 0) is 14.8 Å². The van der Waals surface area contributed by atoms with E-state index in [4.69, 9.17) is 16.3 Å². The van der Waals surface area contributed by atoms with Crippen LogP contribution in [0.2, 0.25) is 5.02 Å². The van der Waals surface area contributed by atoms with Crippen LogP contribution in [-0.4, -0.2) is 28.0 Å². The van der Waals surface area contributed by atoms with Crippen molar-refractivity contribution in [3.63, 3.8) is 0 Å². The highest BCUT2D eigenvalue weighted by atomic mass is 35.5. The SMILES string of the molecule is CC[C@@H](NC(=O)CN(c1ccc(OC)c(Cl)c1)S(=O)(=O)c1ccccc1)c1ccccc1. The molecule has 1 atom stereocenters. The molecule has 0 fully saturated rings. The van der Waals surface area contributed by atoms with Crippen molar-refractivity contribution in [3.8, 4) is 5.75 Å². The standard InChI is InChI=1S/C24H25ClN2O4S/c1-3-22(18-10-6-4-7-11-18)26-24(28)17-27(19-14-15-23(31-2)21(25)16-19)32(29,30)20-12-8-5-9-13-20/h4-16,22H,3,17H2,1-2H3,(H,26,28)/t22-/m1/s1. The maximum atomic E-state index is 13.4. The molecule has 3 rings (SSSR count). The highest BCUT2D eigenvalue weighted by molar-refractivity contribution is 7.92. The number of sulfonamides is 1. The molecule has 0 aliphatic carbocycles. The summed E-state index contributed by atoms with van der Waals surface area (Å²) in [5.41, 5.74) is 1.22. The number of benzene rings is 3. The molecule has 1 N–H and O–H groups in total. The average Bonchev–Trinajstić information content (AvgIpc) is 2.82. The summed E-state index contributed by atoms with van der Waals surface area (Å²) in [5.74, 6) is -0.0146. The van der Waals surface area contributed by atoms with Crippen molar-refractivity contribution in [2.24, 2.45) is 0 Å². The third kappa shape index (κ3) is 5.41. The molecule has 1 amide bonds. The smallest absolute Gasteiger partial charge is 0.264 e. The number of hydrogen-bond acceptors (Lipinski definition) is 4. The minimum absolute atomic E-state index is 0.0786. The van der Waals surface area contributed by atoms with Crippen LogP contribution in [0.5, 0.6) is 5.75 Å². The first kappa shape index (κ1) is 23.6. The average molecular weight is 473 g/mol. The Labute approximate surface area is 193 Å². The van der Waals surface area contributed by atoms with Gasteiger partial charge in [0.15, 0.2) is 0 Å². The molecular formula is C24H25ClN2O4S. The molecule has 0 aliphatic heterocycles. The first-order valence-electron chi connectivity index (χ1n) is 10.1. The minimum Gasteiger partial charge on any atom is -0.495 e. The van der Waals surface area contributed by atoms with Crippen molar-refractivity contribution in [2.45, 2.75) is 24.3 Å². The van der Waals surface area contributed by atoms with Gasteiger partial charge in [-0.05, 0) is 42.3 Å². The van der Waals surface area contributed by atoms with E-state index in [0.717, 1.165) is 9.87 Å². The second-order valence-corrected chi connectivity index (χ2v) is 9.35. The number of rotatable bonds is 9. The third-order valence-corrected chi connectivity index (χ3v) is 7.07. The molecule has 0 aliphatic rings. The molecular weight excluding hydrogens is 448 g/mol. The lowest BCUT2D eigenvalue weighted by Gasteiger charge is -2.26. The zero-order chi connectivity index (χ0) is 23.1. The fourth-order valence-electron chi connectivity index (χ4n) is 3.32. The lowest BCUT2D eigenvalue weighted by Crippen LogP contribution is -2.42. The number of carbonyl (C=O) groups is 1. The summed E-state index contributed by atoms with van der Waals surface area (Å²) >= 11 is 6.25. The summed E-state index contributed by atoms with van der Waals surface area (Å²) in [7, 11) is -2.55. The Morgan fingerprint density at radius 2 is 1.66 bits per heavy atom. The van der Waals surface area contributed by atoms with Gasteiger partial charge in [-0.15, -0.1) is 0 Å². The van der Waals surface area contributed by atoms with E-state index in [9.17, 15) is 13.2 Å². The van der Waals surface area contributed by atoms with Gasteiger partial charge in [0.05, 0.1) is 28.8 Å². The highest BCUT2D eigenvalue weighted by Gasteiger charge is 2.28. The summed E-state index contributed by atoms with van der Waals surface area (Å²) in [6, 6.07) is 21.9. The number of ether oxygens (including phenoxy) is 1. The summed E-state index contributed by atoms with van der Waals surface area (Å²) in [4.78, 5) is 13.1. The van der Waals surface area contributed by atoms with E-state index in [0.29, 0.717) is 12.2 Å². The predicted octanol–water partition coefficient (Wildman–Crippen LogP) is 4.81. The second kappa shape index (κ2) is 10.5. The molecule has 32 heavy (non-hydrogen) atoms. The number of amides is 1. The number of halogens is 1. The Balaban J connectivity index is 1.94. The van der Waals surface area contributed by atoms with E-state index in [-0.39, 0.29) is 21.6 Å². The monoisotopic (exact) mass is 472 g/mol. The highest BCUT2D eigenvalue weighted by Crippen LogP contribution is 2.32. The first-order chi connectivity index (χ1) is 15.4. The van der Waals surface area contributed by atoms with E-state index in [1.807, 2.05) is 37.3 Å². The Bertz CT molecular complexity index is 1160. The van der Waals surface area contributed by atoms with Gasteiger partial charge >= 0.3 is 0 Å². The topological polar surface area (TPSA) is 75.7 Å². The van der Waals surface area contributed by atoms with E-state index >= 15 is 0 Å². The van der Waals surface area contributed by atoms with Crippen molar-refractivity contribution in [1.82, 2.24) is 5.32 Å². The van der Waals surface area contributed by atoms with E-state index in [1.54, 1.807) is 30.3 Å². The van der Waals surface area contributed by atoms with Crippen LogP contribution < -0.4 is 14.4 Å². The van der Waals surface area contributed by atoms with E-state index in [1.165, 1.54) is 25.3 Å². The van der Waals surface area contributed by atoms with Crippen LogP contribution in [0.1, 0.15) is 24.9 Å². The zero-order valence-electron chi connectivity index (χ0n) is 17.9. The molecule has 0 bridgehead atoms. The first-order valence-corrected chi connectivity index (χ1v) is 11.9. The molecule has 3 aromatic carbocycles. The van der Waals surface area contributed by atoms with Crippen molar-refractivity contribution in [3.05, 3.63) is 89.4 Å². The Morgan fingerprint density at radius 3 is 2.22 bits per heavy atom.